The molecule has 1 aliphatic heterocycles. The average Bonchev–Trinajstić information content (AvgIpc) is 3.15. The number of carbonyl (C=O) groups is 2. The lowest BCUT2D eigenvalue weighted by Gasteiger charge is -2.22. The van der Waals surface area contributed by atoms with E-state index in [9.17, 15) is 14.4 Å². The molecule has 4 rings (SSSR count). The summed E-state index contributed by atoms with van der Waals surface area (Å²) in [6.45, 7) is 1.60. The van der Waals surface area contributed by atoms with E-state index in [0.29, 0.717) is 17.2 Å². The summed E-state index contributed by atoms with van der Waals surface area (Å²) in [5, 5.41) is 6.87. The molecule has 0 unspecified atom stereocenters. The smallest absolute Gasteiger partial charge is 0.278 e. The van der Waals surface area contributed by atoms with Crippen molar-refractivity contribution in [2.45, 2.75) is 25.9 Å². The van der Waals surface area contributed by atoms with Crippen molar-refractivity contribution in [3.05, 3.63) is 76.2 Å². The molecule has 1 aromatic heterocycles. The molecule has 2 heterocycles. The van der Waals surface area contributed by atoms with Gasteiger partial charge < -0.3 is 19.7 Å². The van der Waals surface area contributed by atoms with E-state index in [0.717, 1.165) is 22.4 Å². The third-order valence-electron chi connectivity index (χ3n) is 5.49. The molecule has 0 radical (unpaired) electrons. The van der Waals surface area contributed by atoms with E-state index in [1.54, 1.807) is 23.1 Å². The fourth-order valence-electron chi connectivity index (χ4n) is 3.90. The predicted octanol–water partition coefficient (Wildman–Crippen LogP) is 2.49. The van der Waals surface area contributed by atoms with Gasteiger partial charge in [-0.25, -0.2) is 4.68 Å². The minimum atomic E-state index is -0.488. The molecule has 1 N–H and O–H groups in total. The Bertz CT molecular complexity index is 1270. The van der Waals surface area contributed by atoms with Gasteiger partial charge in [0.05, 0.1) is 19.9 Å². The number of aromatic nitrogens is 2. The van der Waals surface area contributed by atoms with Gasteiger partial charge in [0.2, 0.25) is 5.91 Å². The Morgan fingerprint density at radius 3 is 2.64 bits per heavy atom. The highest BCUT2D eigenvalue weighted by atomic mass is 16.5. The van der Waals surface area contributed by atoms with Crippen LogP contribution in [0.1, 0.15) is 23.0 Å². The highest BCUT2D eigenvalue weighted by Gasteiger charge is 2.32. The second-order valence-corrected chi connectivity index (χ2v) is 7.69. The lowest BCUT2D eigenvalue weighted by atomic mass is 10.1. The number of methoxy groups -OCH3 is 2. The second-order valence-electron chi connectivity index (χ2n) is 7.69. The van der Waals surface area contributed by atoms with E-state index in [2.05, 4.69) is 10.4 Å². The monoisotopic (exact) mass is 448 g/mol. The fourth-order valence-corrected chi connectivity index (χ4v) is 3.90. The van der Waals surface area contributed by atoms with Crippen LogP contribution in [0, 0.1) is 0 Å². The second kappa shape index (κ2) is 9.15. The number of benzene rings is 2. The van der Waals surface area contributed by atoms with Gasteiger partial charge in [-0.15, -0.1) is 0 Å². The Morgan fingerprint density at radius 2 is 1.88 bits per heavy atom. The molecular formula is C24H24N4O5. The molecule has 0 fully saturated rings. The Labute approximate surface area is 190 Å². The van der Waals surface area contributed by atoms with E-state index in [1.165, 1.54) is 26.4 Å². The lowest BCUT2D eigenvalue weighted by Crippen LogP contribution is -2.38. The van der Waals surface area contributed by atoms with Crippen molar-refractivity contribution in [2.24, 2.45) is 0 Å². The van der Waals surface area contributed by atoms with Crippen molar-refractivity contribution in [3.63, 3.8) is 0 Å². The summed E-state index contributed by atoms with van der Waals surface area (Å²) < 4.78 is 11.4. The van der Waals surface area contributed by atoms with Crippen LogP contribution in [0.25, 0.3) is 0 Å². The molecular weight excluding hydrogens is 424 g/mol. The first-order valence-corrected chi connectivity index (χ1v) is 10.4. The molecule has 170 valence electrons. The number of ether oxygens (including phenoxy) is 2. The molecule has 0 saturated heterocycles. The van der Waals surface area contributed by atoms with E-state index in [4.69, 9.17) is 9.47 Å². The minimum absolute atomic E-state index is 0.0390. The van der Waals surface area contributed by atoms with Gasteiger partial charge in [-0.05, 0) is 43.2 Å². The molecule has 33 heavy (non-hydrogen) atoms. The summed E-state index contributed by atoms with van der Waals surface area (Å²) in [5.74, 6) is 0.177. The molecule has 9 heteroatoms. The highest BCUT2D eigenvalue weighted by molar-refractivity contribution is 6.06. The van der Waals surface area contributed by atoms with Gasteiger partial charge in [0.15, 0.2) is 0 Å². The number of hydrogen-bond donors (Lipinski definition) is 1. The third-order valence-corrected chi connectivity index (χ3v) is 5.49. The van der Waals surface area contributed by atoms with Crippen LogP contribution in [0.4, 0.5) is 11.4 Å². The van der Waals surface area contributed by atoms with E-state index in [1.807, 2.05) is 31.2 Å². The quantitative estimate of drug-likeness (QED) is 0.622. The Hall–Kier alpha value is -4.14. The van der Waals surface area contributed by atoms with Crippen LogP contribution in [0.5, 0.6) is 11.5 Å². The number of nitrogens with zero attached hydrogens (tertiary/aromatic N) is 3. The number of carbonyl (C=O) groups excluding carboxylic acids is 2. The third kappa shape index (κ3) is 4.43. The van der Waals surface area contributed by atoms with Gasteiger partial charge in [-0.1, -0.05) is 18.2 Å². The zero-order valence-electron chi connectivity index (χ0n) is 18.6. The van der Waals surface area contributed by atoms with Crippen molar-refractivity contribution >= 4 is 23.2 Å². The van der Waals surface area contributed by atoms with Crippen molar-refractivity contribution in [3.8, 4) is 11.5 Å². The summed E-state index contributed by atoms with van der Waals surface area (Å²) in [6, 6.07) is 15.2. The van der Waals surface area contributed by atoms with Gasteiger partial charge in [-0.2, -0.15) is 5.10 Å². The topological polar surface area (TPSA) is 103 Å². The first kappa shape index (κ1) is 22.1. The van der Waals surface area contributed by atoms with Crippen molar-refractivity contribution in [2.75, 3.05) is 24.4 Å². The van der Waals surface area contributed by atoms with E-state index >= 15 is 0 Å². The largest absolute Gasteiger partial charge is 0.497 e. The van der Waals surface area contributed by atoms with Crippen LogP contribution in [-0.2, 0) is 17.8 Å². The van der Waals surface area contributed by atoms with Gasteiger partial charge in [0.25, 0.3) is 11.5 Å². The molecule has 0 spiro atoms. The van der Waals surface area contributed by atoms with Crippen LogP contribution < -0.4 is 25.2 Å². The Kier molecular flexibility index (Phi) is 6.12. The SMILES string of the molecule is COc1ccc(NC(=O)Cn2nc(C(=O)N3c4ccccc4C[C@@H]3C)ccc2=O)c(OC)c1. The summed E-state index contributed by atoms with van der Waals surface area (Å²) in [6.07, 6.45) is 0.744. The molecule has 0 aliphatic carbocycles. The van der Waals surface area contributed by atoms with Crippen LogP contribution >= 0.6 is 0 Å². The molecule has 1 atom stereocenters. The molecule has 0 saturated carbocycles. The van der Waals surface area contributed by atoms with Crippen LogP contribution in [0.15, 0.2) is 59.4 Å². The van der Waals surface area contributed by atoms with Crippen LogP contribution in [0.3, 0.4) is 0 Å². The lowest BCUT2D eigenvalue weighted by molar-refractivity contribution is -0.117. The van der Waals surface area contributed by atoms with Crippen LogP contribution in [0.2, 0.25) is 0 Å². The normalized spacial score (nSPS) is 14.5. The van der Waals surface area contributed by atoms with E-state index < -0.39 is 11.5 Å². The van der Waals surface area contributed by atoms with Gasteiger partial charge >= 0.3 is 0 Å². The van der Waals surface area contributed by atoms with Crippen molar-refractivity contribution in [1.29, 1.82) is 0 Å². The number of fused-ring (bicyclic) bond motifs is 1. The number of para-hydroxylation sites is 1. The molecule has 2 amide bonds. The number of nitrogens with one attached hydrogen (secondary N) is 1. The van der Waals surface area contributed by atoms with Crippen LogP contribution in [-0.4, -0.2) is 41.9 Å². The van der Waals surface area contributed by atoms with Gasteiger partial charge in [0.1, 0.15) is 23.7 Å². The molecule has 2 aromatic carbocycles. The Balaban J connectivity index is 1.54. The number of rotatable bonds is 6. The summed E-state index contributed by atoms with van der Waals surface area (Å²) in [7, 11) is 3.00. The number of anilines is 2. The zero-order valence-corrected chi connectivity index (χ0v) is 18.6. The highest BCUT2D eigenvalue weighted by Crippen LogP contribution is 2.32. The first-order valence-electron chi connectivity index (χ1n) is 10.4. The fraction of sp³-hybridized carbons (Fsp3) is 0.250. The van der Waals surface area contributed by atoms with Crippen molar-refractivity contribution < 1.29 is 19.1 Å². The Morgan fingerprint density at radius 1 is 1.09 bits per heavy atom. The molecule has 9 nitrogen and oxygen atoms in total. The maximum absolute atomic E-state index is 13.2. The number of hydrogen-bond acceptors (Lipinski definition) is 6. The summed E-state index contributed by atoms with van der Waals surface area (Å²) >= 11 is 0. The molecule has 3 aromatic rings. The summed E-state index contributed by atoms with van der Waals surface area (Å²) in [4.78, 5) is 39.8. The number of amides is 2. The first-order chi connectivity index (χ1) is 15.9. The average molecular weight is 448 g/mol. The summed E-state index contributed by atoms with van der Waals surface area (Å²) in [5.41, 5.74) is 1.94. The predicted molar refractivity (Wildman–Crippen MR) is 123 cm³/mol. The maximum atomic E-state index is 13.2. The van der Waals surface area contributed by atoms with Gasteiger partial charge in [-0.3, -0.25) is 14.4 Å². The van der Waals surface area contributed by atoms with Crippen molar-refractivity contribution in [1.82, 2.24) is 9.78 Å². The minimum Gasteiger partial charge on any atom is -0.497 e. The molecule has 1 aliphatic rings. The maximum Gasteiger partial charge on any atom is 0.278 e. The van der Waals surface area contributed by atoms with Gasteiger partial charge in [0, 0.05) is 23.9 Å². The standard InChI is InChI=1S/C24H24N4O5/c1-15-12-16-6-4-5-7-20(16)28(15)24(31)19-10-11-23(30)27(26-19)14-22(29)25-18-9-8-17(32-2)13-21(18)33-3/h4-11,13,15H,12,14H2,1-3H3,(H,25,29)/t15-/m0/s1. The van der Waals surface area contributed by atoms with E-state index in [-0.39, 0.29) is 24.2 Å². The molecule has 0 bridgehead atoms. The zero-order chi connectivity index (χ0) is 23.5.